The number of aromatic nitrogens is 2. The molecule has 23 heavy (non-hydrogen) atoms. The summed E-state index contributed by atoms with van der Waals surface area (Å²) in [6.45, 7) is 0. The summed E-state index contributed by atoms with van der Waals surface area (Å²) in [5, 5.41) is 4.53. The first-order chi connectivity index (χ1) is 11.4. The van der Waals surface area contributed by atoms with Crippen LogP contribution >= 0.6 is 0 Å². The molecule has 0 aliphatic rings. The van der Waals surface area contributed by atoms with Crippen molar-refractivity contribution in [2.45, 2.75) is 0 Å². The molecule has 5 aromatic rings. The number of fused-ring (bicyclic) bond motifs is 5. The van der Waals surface area contributed by atoms with Gasteiger partial charge in [0.05, 0.1) is 5.69 Å². The van der Waals surface area contributed by atoms with Gasteiger partial charge < -0.3 is 4.42 Å². The smallest absolute Gasteiger partial charge is 0.144 e. The Bertz CT molecular complexity index is 1160. The summed E-state index contributed by atoms with van der Waals surface area (Å²) in [5.41, 5.74) is 3.71. The fourth-order valence-corrected chi connectivity index (χ4v) is 3.19. The van der Waals surface area contributed by atoms with Crippen molar-refractivity contribution in [3.8, 4) is 11.3 Å². The van der Waals surface area contributed by atoms with Crippen LogP contribution in [0, 0.1) is 0 Å². The molecule has 3 nitrogen and oxygen atoms in total. The van der Waals surface area contributed by atoms with Crippen LogP contribution < -0.4 is 0 Å². The molecular weight excluding hydrogens is 284 g/mol. The molecule has 0 bridgehead atoms. The lowest BCUT2D eigenvalue weighted by Crippen LogP contribution is -1.82. The van der Waals surface area contributed by atoms with Crippen molar-refractivity contribution in [1.29, 1.82) is 0 Å². The molecule has 108 valence electrons. The molecule has 0 aliphatic carbocycles. The predicted molar refractivity (Wildman–Crippen MR) is 92.3 cm³/mol. The summed E-state index contributed by atoms with van der Waals surface area (Å²) >= 11 is 0. The van der Waals surface area contributed by atoms with Gasteiger partial charge in [0.2, 0.25) is 0 Å². The molecule has 0 aliphatic heterocycles. The molecule has 0 amide bonds. The van der Waals surface area contributed by atoms with Crippen LogP contribution in [0.15, 0.2) is 77.6 Å². The van der Waals surface area contributed by atoms with E-state index in [-0.39, 0.29) is 0 Å². The molecule has 2 aromatic carbocycles. The lowest BCUT2D eigenvalue weighted by molar-refractivity contribution is 0.670. The Morgan fingerprint density at radius 1 is 0.783 bits per heavy atom. The lowest BCUT2D eigenvalue weighted by atomic mass is 10.0. The van der Waals surface area contributed by atoms with Crippen LogP contribution in [0.1, 0.15) is 0 Å². The van der Waals surface area contributed by atoms with Crippen molar-refractivity contribution >= 4 is 32.7 Å². The van der Waals surface area contributed by atoms with E-state index >= 15 is 0 Å². The Hall–Kier alpha value is -3.20. The summed E-state index contributed by atoms with van der Waals surface area (Å²) in [4.78, 5) is 8.67. The van der Waals surface area contributed by atoms with Crippen LogP contribution in [-0.2, 0) is 0 Å². The molecule has 0 radical (unpaired) electrons. The summed E-state index contributed by atoms with van der Waals surface area (Å²) in [6.07, 6.45) is 5.51. The van der Waals surface area contributed by atoms with Gasteiger partial charge in [-0.15, -0.1) is 0 Å². The molecule has 3 aromatic heterocycles. The van der Waals surface area contributed by atoms with E-state index in [1.165, 1.54) is 0 Å². The van der Waals surface area contributed by atoms with Gasteiger partial charge >= 0.3 is 0 Å². The summed E-state index contributed by atoms with van der Waals surface area (Å²) in [6, 6.07) is 18.2. The van der Waals surface area contributed by atoms with E-state index in [9.17, 15) is 0 Å². The molecule has 0 saturated heterocycles. The largest absolute Gasteiger partial charge is 0.455 e. The average molecular weight is 296 g/mol. The van der Waals surface area contributed by atoms with E-state index in [0.717, 1.165) is 44.0 Å². The maximum Gasteiger partial charge on any atom is 0.144 e. The van der Waals surface area contributed by atoms with Crippen LogP contribution in [0.2, 0.25) is 0 Å². The maximum absolute atomic E-state index is 6.19. The SMILES string of the molecule is c1ccc(-c2cccc3c2oc2ccc4cnccc4c23)nc1. The second kappa shape index (κ2) is 4.65. The minimum absolute atomic E-state index is 0.880. The molecule has 0 atom stereocenters. The van der Waals surface area contributed by atoms with Crippen molar-refractivity contribution in [2.75, 3.05) is 0 Å². The Morgan fingerprint density at radius 3 is 2.70 bits per heavy atom. The third-order valence-electron chi connectivity index (χ3n) is 4.22. The fourth-order valence-electron chi connectivity index (χ4n) is 3.19. The normalized spacial score (nSPS) is 11.5. The average Bonchev–Trinajstić information content (AvgIpc) is 3.01. The monoisotopic (exact) mass is 296 g/mol. The standard InChI is InChI=1S/C20H12N2O/c1-2-10-22-17(6-1)15-4-3-5-16-19-14-9-11-21-12-13(14)7-8-18(19)23-20(15)16/h1-12H. The Kier molecular flexibility index (Phi) is 2.50. The number of furan rings is 1. The maximum atomic E-state index is 6.19. The fraction of sp³-hybridized carbons (Fsp3) is 0. The highest BCUT2D eigenvalue weighted by Gasteiger charge is 2.14. The second-order valence-electron chi connectivity index (χ2n) is 5.53. The van der Waals surface area contributed by atoms with Gasteiger partial charge in [0.1, 0.15) is 11.2 Å². The van der Waals surface area contributed by atoms with Gasteiger partial charge in [-0.25, -0.2) is 0 Å². The number of pyridine rings is 2. The number of nitrogens with zero attached hydrogens (tertiary/aromatic N) is 2. The zero-order chi connectivity index (χ0) is 15.2. The van der Waals surface area contributed by atoms with E-state index in [4.69, 9.17) is 4.42 Å². The number of para-hydroxylation sites is 1. The van der Waals surface area contributed by atoms with Crippen molar-refractivity contribution in [2.24, 2.45) is 0 Å². The first-order valence-electron chi connectivity index (χ1n) is 7.51. The van der Waals surface area contributed by atoms with E-state index in [1.807, 2.05) is 48.8 Å². The zero-order valence-electron chi connectivity index (χ0n) is 12.2. The van der Waals surface area contributed by atoms with Gasteiger partial charge in [-0.2, -0.15) is 0 Å². The molecule has 0 N–H and O–H groups in total. The molecule has 0 spiro atoms. The molecule has 0 saturated carbocycles. The lowest BCUT2D eigenvalue weighted by Gasteiger charge is -2.01. The molecule has 3 heteroatoms. The summed E-state index contributed by atoms with van der Waals surface area (Å²) in [5.74, 6) is 0. The van der Waals surface area contributed by atoms with Gasteiger partial charge in [-0.05, 0) is 41.8 Å². The van der Waals surface area contributed by atoms with E-state index in [1.54, 1.807) is 6.20 Å². The highest BCUT2D eigenvalue weighted by atomic mass is 16.3. The summed E-state index contributed by atoms with van der Waals surface area (Å²) in [7, 11) is 0. The first kappa shape index (κ1) is 12.4. The topological polar surface area (TPSA) is 38.9 Å². The Balaban J connectivity index is 1.96. The minimum Gasteiger partial charge on any atom is -0.455 e. The highest BCUT2D eigenvalue weighted by molar-refractivity contribution is 6.20. The third kappa shape index (κ3) is 1.77. The van der Waals surface area contributed by atoms with Crippen LogP contribution in [-0.4, -0.2) is 9.97 Å². The van der Waals surface area contributed by atoms with Gasteiger partial charge in [0.15, 0.2) is 0 Å². The third-order valence-corrected chi connectivity index (χ3v) is 4.22. The van der Waals surface area contributed by atoms with Gasteiger partial charge in [0.25, 0.3) is 0 Å². The predicted octanol–water partition coefficient (Wildman–Crippen LogP) is 5.20. The van der Waals surface area contributed by atoms with Gasteiger partial charge in [-0.3, -0.25) is 9.97 Å². The zero-order valence-corrected chi connectivity index (χ0v) is 12.2. The number of benzene rings is 2. The molecule has 5 rings (SSSR count). The molecule has 3 heterocycles. The van der Waals surface area contributed by atoms with E-state index in [2.05, 4.69) is 28.2 Å². The van der Waals surface area contributed by atoms with Crippen LogP contribution in [0.25, 0.3) is 44.0 Å². The Morgan fingerprint density at radius 2 is 1.78 bits per heavy atom. The van der Waals surface area contributed by atoms with Crippen molar-refractivity contribution in [3.05, 3.63) is 73.2 Å². The van der Waals surface area contributed by atoms with Crippen molar-refractivity contribution < 1.29 is 4.42 Å². The number of rotatable bonds is 1. The first-order valence-corrected chi connectivity index (χ1v) is 7.51. The second-order valence-corrected chi connectivity index (χ2v) is 5.53. The van der Waals surface area contributed by atoms with Gasteiger partial charge in [0, 0.05) is 40.3 Å². The minimum atomic E-state index is 0.880. The molecule has 0 unspecified atom stereocenters. The molecular formula is C20H12N2O. The van der Waals surface area contributed by atoms with E-state index < -0.39 is 0 Å². The summed E-state index contributed by atoms with van der Waals surface area (Å²) < 4.78 is 6.19. The Labute approximate surface area is 132 Å². The quantitative estimate of drug-likeness (QED) is 0.427. The van der Waals surface area contributed by atoms with Crippen LogP contribution in [0.3, 0.4) is 0 Å². The van der Waals surface area contributed by atoms with Crippen LogP contribution in [0.5, 0.6) is 0 Å². The van der Waals surface area contributed by atoms with Crippen LogP contribution in [0.4, 0.5) is 0 Å². The van der Waals surface area contributed by atoms with Gasteiger partial charge in [-0.1, -0.05) is 18.2 Å². The number of hydrogen-bond acceptors (Lipinski definition) is 3. The highest BCUT2D eigenvalue weighted by Crippen LogP contribution is 2.38. The van der Waals surface area contributed by atoms with E-state index in [0.29, 0.717) is 0 Å². The molecule has 0 fully saturated rings. The van der Waals surface area contributed by atoms with Crippen molar-refractivity contribution in [3.63, 3.8) is 0 Å². The van der Waals surface area contributed by atoms with Crippen molar-refractivity contribution in [1.82, 2.24) is 9.97 Å². The number of hydrogen-bond donors (Lipinski definition) is 0.